The minimum Gasteiger partial charge on any atom is -0.480 e. The highest BCUT2D eigenvalue weighted by Gasteiger charge is 2.23. The first-order chi connectivity index (χ1) is 11.6. The molecule has 0 aliphatic carbocycles. The number of carboxylic acid groups (broad SMARTS) is 1. The molecule has 0 saturated carbocycles. The van der Waals surface area contributed by atoms with Gasteiger partial charge in [0, 0.05) is 13.1 Å². The van der Waals surface area contributed by atoms with Crippen LogP contribution in [0.4, 0.5) is 4.79 Å². The van der Waals surface area contributed by atoms with Crippen LogP contribution in [0.2, 0.25) is 0 Å². The summed E-state index contributed by atoms with van der Waals surface area (Å²) in [6, 6.07) is 8.28. The molecule has 2 unspecified atom stereocenters. The Labute approximate surface area is 150 Å². The zero-order chi connectivity index (χ0) is 19.0. The van der Waals surface area contributed by atoms with Crippen LogP contribution in [0.5, 0.6) is 0 Å². The number of carbonyl (C=O) groups is 2. The van der Waals surface area contributed by atoms with Gasteiger partial charge in [0.2, 0.25) is 0 Å². The van der Waals surface area contributed by atoms with Crippen LogP contribution < -0.4 is 10.6 Å². The quantitative estimate of drug-likeness (QED) is 0.670. The predicted octanol–water partition coefficient (Wildman–Crippen LogP) is 3.20. The van der Waals surface area contributed by atoms with Gasteiger partial charge >= 0.3 is 12.1 Å². The monoisotopic (exact) mass is 350 g/mol. The van der Waals surface area contributed by atoms with Gasteiger partial charge in [-0.3, -0.25) is 4.79 Å². The SMILES string of the molecule is CC(C)C(CNC(=O)OC(C)(C)C)CNC(C(=O)O)c1ccccc1. The van der Waals surface area contributed by atoms with Crippen LogP contribution in [0.1, 0.15) is 46.2 Å². The highest BCUT2D eigenvalue weighted by molar-refractivity contribution is 5.75. The number of carbonyl (C=O) groups excluding carboxylic acids is 1. The summed E-state index contributed by atoms with van der Waals surface area (Å²) in [5.74, 6) is -0.570. The van der Waals surface area contributed by atoms with E-state index in [0.717, 1.165) is 0 Å². The lowest BCUT2D eigenvalue weighted by molar-refractivity contribution is -0.139. The van der Waals surface area contributed by atoms with Crippen molar-refractivity contribution in [1.82, 2.24) is 10.6 Å². The van der Waals surface area contributed by atoms with Crippen LogP contribution in [-0.4, -0.2) is 35.9 Å². The Morgan fingerprint density at radius 1 is 1.12 bits per heavy atom. The number of nitrogens with one attached hydrogen (secondary N) is 2. The first-order valence-electron chi connectivity index (χ1n) is 8.58. The number of amides is 1. The molecule has 1 rings (SSSR count). The van der Waals surface area contributed by atoms with E-state index in [1.807, 2.05) is 52.8 Å². The van der Waals surface area contributed by atoms with Gasteiger partial charge in [-0.2, -0.15) is 0 Å². The van der Waals surface area contributed by atoms with Gasteiger partial charge in [-0.1, -0.05) is 44.2 Å². The van der Waals surface area contributed by atoms with Crippen molar-refractivity contribution in [1.29, 1.82) is 0 Å². The molecular formula is C19H30N2O4. The molecule has 1 amide bonds. The molecule has 1 aromatic rings. The maximum atomic E-state index is 11.8. The van der Waals surface area contributed by atoms with Crippen molar-refractivity contribution in [2.24, 2.45) is 11.8 Å². The van der Waals surface area contributed by atoms with E-state index in [9.17, 15) is 14.7 Å². The number of carboxylic acids is 1. The normalized spacial score (nSPS) is 14.0. The third-order valence-electron chi connectivity index (χ3n) is 3.81. The smallest absolute Gasteiger partial charge is 0.407 e. The van der Waals surface area contributed by atoms with Crippen LogP contribution in [0.3, 0.4) is 0 Å². The molecular weight excluding hydrogens is 320 g/mol. The van der Waals surface area contributed by atoms with Gasteiger partial charge in [0.05, 0.1) is 0 Å². The summed E-state index contributed by atoms with van der Waals surface area (Å²) in [5, 5.41) is 15.3. The first-order valence-corrected chi connectivity index (χ1v) is 8.58. The second kappa shape index (κ2) is 9.42. The Balaban J connectivity index is 2.62. The average molecular weight is 350 g/mol. The maximum absolute atomic E-state index is 11.8. The lowest BCUT2D eigenvalue weighted by atomic mass is 9.95. The Morgan fingerprint density at radius 2 is 1.72 bits per heavy atom. The van der Waals surface area contributed by atoms with E-state index in [0.29, 0.717) is 18.7 Å². The number of rotatable bonds is 8. The van der Waals surface area contributed by atoms with Gasteiger partial charge in [0.25, 0.3) is 0 Å². The fourth-order valence-electron chi connectivity index (χ4n) is 2.33. The van der Waals surface area contributed by atoms with E-state index in [1.165, 1.54) is 0 Å². The number of hydrogen-bond donors (Lipinski definition) is 3. The fraction of sp³-hybridized carbons (Fsp3) is 0.579. The molecule has 0 spiro atoms. The molecule has 0 aliphatic heterocycles. The van der Waals surface area contributed by atoms with Crippen molar-refractivity contribution in [2.45, 2.75) is 46.3 Å². The van der Waals surface area contributed by atoms with Crippen molar-refractivity contribution >= 4 is 12.1 Å². The summed E-state index contributed by atoms with van der Waals surface area (Å²) in [6.45, 7) is 10.4. The summed E-state index contributed by atoms with van der Waals surface area (Å²) >= 11 is 0. The van der Waals surface area contributed by atoms with Gasteiger partial charge in [-0.05, 0) is 38.2 Å². The van der Waals surface area contributed by atoms with E-state index in [-0.39, 0.29) is 11.8 Å². The number of aliphatic carboxylic acids is 1. The Bertz CT molecular complexity index is 552. The Morgan fingerprint density at radius 3 is 2.20 bits per heavy atom. The molecule has 0 saturated heterocycles. The lowest BCUT2D eigenvalue weighted by Crippen LogP contribution is -2.41. The molecule has 0 aliphatic rings. The summed E-state index contributed by atoms with van der Waals surface area (Å²) in [6.07, 6.45) is -0.462. The number of ether oxygens (including phenoxy) is 1. The molecule has 3 N–H and O–H groups in total. The second-order valence-corrected chi connectivity index (χ2v) is 7.48. The van der Waals surface area contributed by atoms with Crippen molar-refractivity contribution in [3.8, 4) is 0 Å². The molecule has 2 atom stereocenters. The molecule has 140 valence electrons. The molecule has 6 nitrogen and oxygen atoms in total. The Kier molecular flexibility index (Phi) is 7.90. The zero-order valence-corrected chi connectivity index (χ0v) is 15.7. The molecule has 1 aromatic carbocycles. The highest BCUT2D eigenvalue weighted by atomic mass is 16.6. The van der Waals surface area contributed by atoms with E-state index in [1.54, 1.807) is 12.1 Å². The predicted molar refractivity (Wildman–Crippen MR) is 97.4 cm³/mol. The van der Waals surface area contributed by atoms with Crippen LogP contribution in [0.15, 0.2) is 30.3 Å². The van der Waals surface area contributed by atoms with Crippen molar-refractivity contribution in [3.63, 3.8) is 0 Å². The van der Waals surface area contributed by atoms with Crippen LogP contribution in [0, 0.1) is 11.8 Å². The molecule has 0 bridgehead atoms. The summed E-state index contributed by atoms with van der Waals surface area (Å²) in [7, 11) is 0. The summed E-state index contributed by atoms with van der Waals surface area (Å²) in [5.41, 5.74) is 0.162. The fourth-order valence-corrected chi connectivity index (χ4v) is 2.33. The molecule has 25 heavy (non-hydrogen) atoms. The van der Waals surface area contributed by atoms with E-state index in [2.05, 4.69) is 10.6 Å². The van der Waals surface area contributed by atoms with Crippen LogP contribution >= 0.6 is 0 Å². The van der Waals surface area contributed by atoms with Gasteiger partial charge in [0.15, 0.2) is 0 Å². The van der Waals surface area contributed by atoms with Gasteiger partial charge in [-0.15, -0.1) is 0 Å². The second-order valence-electron chi connectivity index (χ2n) is 7.48. The number of benzene rings is 1. The number of hydrogen-bond acceptors (Lipinski definition) is 4. The van der Waals surface area contributed by atoms with Crippen molar-refractivity contribution in [3.05, 3.63) is 35.9 Å². The molecule has 0 aromatic heterocycles. The molecule has 6 heteroatoms. The van der Waals surface area contributed by atoms with Gasteiger partial charge in [-0.25, -0.2) is 4.79 Å². The Hall–Kier alpha value is -2.08. The average Bonchev–Trinajstić information content (AvgIpc) is 2.49. The third kappa shape index (κ3) is 8.03. The summed E-state index contributed by atoms with van der Waals surface area (Å²) < 4.78 is 5.24. The van der Waals surface area contributed by atoms with E-state index < -0.39 is 23.7 Å². The van der Waals surface area contributed by atoms with Crippen LogP contribution in [-0.2, 0) is 9.53 Å². The number of alkyl carbamates (subject to hydrolysis) is 1. The molecule has 0 radical (unpaired) electrons. The largest absolute Gasteiger partial charge is 0.480 e. The molecule has 0 fully saturated rings. The third-order valence-corrected chi connectivity index (χ3v) is 3.81. The van der Waals surface area contributed by atoms with Crippen LogP contribution in [0.25, 0.3) is 0 Å². The van der Waals surface area contributed by atoms with Gasteiger partial charge in [0.1, 0.15) is 11.6 Å². The maximum Gasteiger partial charge on any atom is 0.407 e. The van der Waals surface area contributed by atoms with E-state index in [4.69, 9.17) is 4.74 Å². The topological polar surface area (TPSA) is 87.7 Å². The molecule has 0 heterocycles. The standard InChI is InChI=1S/C19H30N2O4/c1-13(2)15(12-21-18(24)25-19(3,4)5)11-20-16(17(22)23)14-9-7-6-8-10-14/h6-10,13,15-16,20H,11-12H2,1-5H3,(H,21,24)(H,22,23). The minimum atomic E-state index is -0.922. The minimum absolute atomic E-state index is 0.0816. The van der Waals surface area contributed by atoms with Gasteiger partial charge < -0.3 is 20.5 Å². The zero-order valence-electron chi connectivity index (χ0n) is 15.7. The first kappa shape index (κ1) is 21.0. The van der Waals surface area contributed by atoms with Crippen molar-refractivity contribution < 1.29 is 19.4 Å². The highest BCUT2D eigenvalue weighted by Crippen LogP contribution is 2.16. The van der Waals surface area contributed by atoms with E-state index >= 15 is 0 Å². The summed E-state index contributed by atoms with van der Waals surface area (Å²) in [4.78, 5) is 23.4. The van der Waals surface area contributed by atoms with Crippen molar-refractivity contribution in [2.75, 3.05) is 13.1 Å². The lowest BCUT2D eigenvalue weighted by Gasteiger charge is -2.25.